The number of benzene rings is 1. The van der Waals surface area contributed by atoms with Gasteiger partial charge in [-0.25, -0.2) is 0 Å². The molecule has 0 aliphatic rings. The van der Waals surface area contributed by atoms with Gasteiger partial charge in [-0.05, 0) is 19.1 Å². The predicted octanol–water partition coefficient (Wildman–Crippen LogP) is 0.268. The zero-order valence-electron chi connectivity index (χ0n) is 11.1. The van der Waals surface area contributed by atoms with Crippen LogP contribution in [0.15, 0.2) is 24.3 Å². The lowest BCUT2D eigenvalue weighted by molar-refractivity contribution is -0.123. The number of aryl methyl sites for hydroxylation is 1. The van der Waals surface area contributed by atoms with Crippen molar-refractivity contribution >= 4 is 35.2 Å². The number of nitrogens with two attached hydrogens (primary N) is 1. The van der Waals surface area contributed by atoms with Gasteiger partial charge in [-0.3, -0.25) is 14.4 Å². The van der Waals surface area contributed by atoms with E-state index in [2.05, 4.69) is 10.6 Å². The highest BCUT2D eigenvalue weighted by atomic mass is 32.2. The lowest BCUT2D eigenvalue weighted by Gasteiger charge is -2.05. The first kappa shape index (κ1) is 16.0. The molecule has 0 bridgehead atoms. The molecule has 1 aromatic carbocycles. The third kappa shape index (κ3) is 6.79. The second-order valence-corrected chi connectivity index (χ2v) is 5.14. The summed E-state index contributed by atoms with van der Waals surface area (Å²) in [4.78, 5) is 33.3. The molecular formula is C13H17N3O3S. The fraction of sp³-hybridized carbons (Fsp3) is 0.308. The summed E-state index contributed by atoms with van der Waals surface area (Å²) in [6.45, 7) is 1.78. The van der Waals surface area contributed by atoms with Gasteiger partial charge in [0.15, 0.2) is 0 Å². The van der Waals surface area contributed by atoms with Crippen molar-refractivity contribution in [2.45, 2.75) is 6.92 Å². The predicted molar refractivity (Wildman–Crippen MR) is 79.3 cm³/mol. The molecule has 0 spiro atoms. The van der Waals surface area contributed by atoms with Crippen molar-refractivity contribution in [3.05, 3.63) is 29.8 Å². The smallest absolute Gasteiger partial charge is 0.236 e. The van der Waals surface area contributed by atoms with Crippen molar-refractivity contribution in [1.82, 2.24) is 5.32 Å². The zero-order valence-corrected chi connectivity index (χ0v) is 12.0. The van der Waals surface area contributed by atoms with Gasteiger partial charge in [0.05, 0.1) is 18.1 Å². The average molecular weight is 295 g/mol. The van der Waals surface area contributed by atoms with Crippen LogP contribution in [0.3, 0.4) is 0 Å². The van der Waals surface area contributed by atoms with Gasteiger partial charge >= 0.3 is 0 Å². The molecule has 0 aromatic heterocycles. The van der Waals surface area contributed by atoms with Crippen LogP contribution in [0.2, 0.25) is 0 Å². The summed E-state index contributed by atoms with van der Waals surface area (Å²) in [5.74, 6) is -0.828. The van der Waals surface area contributed by atoms with Crippen LogP contribution >= 0.6 is 11.8 Å². The van der Waals surface area contributed by atoms with E-state index in [0.29, 0.717) is 0 Å². The molecule has 0 saturated carbocycles. The minimum absolute atomic E-state index is 0.106. The first-order chi connectivity index (χ1) is 9.47. The van der Waals surface area contributed by atoms with Crippen LogP contribution in [0, 0.1) is 6.92 Å². The van der Waals surface area contributed by atoms with Crippen molar-refractivity contribution in [3.8, 4) is 0 Å². The molecule has 0 heterocycles. The molecule has 0 radical (unpaired) electrons. The molecular weight excluding hydrogens is 278 g/mol. The van der Waals surface area contributed by atoms with E-state index >= 15 is 0 Å². The molecule has 6 nitrogen and oxygen atoms in total. The maximum absolute atomic E-state index is 11.6. The van der Waals surface area contributed by atoms with Gasteiger partial charge in [0, 0.05) is 5.69 Å². The number of carbonyl (C=O) groups is 3. The fourth-order valence-electron chi connectivity index (χ4n) is 1.31. The maximum Gasteiger partial charge on any atom is 0.236 e. The van der Waals surface area contributed by atoms with Gasteiger partial charge < -0.3 is 16.4 Å². The van der Waals surface area contributed by atoms with E-state index in [4.69, 9.17) is 5.73 Å². The summed E-state index contributed by atoms with van der Waals surface area (Å²) in [6, 6.07) is 7.44. The monoisotopic (exact) mass is 295 g/mol. The molecule has 1 aromatic rings. The quantitative estimate of drug-likeness (QED) is 0.672. The highest BCUT2D eigenvalue weighted by Gasteiger charge is 2.06. The number of anilines is 1. The Morgan fingerprint density at radius 2 is 1.70 bits per heavy atom. The molecule has 0 saturated heterocycles. The van der Waals surface area contributed by atoms with Crippen LogP contribution in [0.5, 0.6) is 0 Å². The van der Waals surface area contributed by atoms with Crippen LogP contribution in [0.1, 0.15) is 5.56 Å². The number of rotatable bonds is 7. The zero-order chi connectivity index (χ0) is 15.0. The summed E-state index contributed by atoms with van der Waals surface area (Å²) in [5.41, 5.74) is 6.73. The largest absolute Gasteiger partial charge is 0.368 e. The number of hydrogen-bond donors (Lipinski definition) is 3. The Hall–Kier alpha value is -2.02. The van der Waals surface area contributed by atoms with E-state index in [1.54, 1.807) is 0 Å². The van der Waals surface area contributed by atoms with Crippen LogP contribution < -0.4 is 16.4 Å². The lowest BCUT2D eigenvalue weighted by Crippen LogP contribution is -2.34. The molecule has 0 fully saturated rings. The molecule has 108 valence electrons. The normalized spacial score (nSPS) is 9.85. The van der Waals surface area contributed by atoms with Crippen LogP contribution in [0.25, 0.3) is 0 Å². The molecule has 4 N–H and O–H groups in total. The van der Waals surface area contributed by atoms with Gasteiger partial charge in [0.25, 0.3) is 0 Å². The first-order valence-corrected chi connectivity index (χ1v) is 7.12. The van der Waals surface area contributed by atoms with E-state index in [1.807, 2.05) is 31.2 Å². The molecule has 0 unspecified atom stereocenters. The highest BCUT2D eigenvalue weighted by molar-refractivity contribution is 8.00. The summed E-state index contributed by atoms with van der Waals surface area (Å²) >= 11 is 1.17. The molecule has 0 atom stereocenters. The minimum atomic E-state index is -0.597. The summed E-state index contributed by atoms with van der Waals surface area (Å²) in [6.07, 6.45) is 0. The van der Waals surface area contributed by atoms with E-state index in [9.17, 15) is 14.4 Å². The molecule has 3 amide bonds. The Labute approximate surface area is 121 Å². The third-order valence-electron chi connectivity index (χ3n) is 2.26. The Balaban J connectivity index is 2.21. The SMILES string of the molecule is Cc1ccc(NC(=O)CSCC(=O)NCC(N)=O)cc1. The number of thioether (sulfide) groups is 1. The Bertz CT molecular complexity index is 488. The van der Waals surface area contributed by atoms with Gasteiger partial charge in [-0.2, -0.15) is 0 Å². The average Bonchev–Trinajstić information content (AvgIpc) is 2.39. The molecule has 20 heavy (non-hydrogen) atoms. The summed E-state index contributed by atoms with van der Waals surface area (Å²) in [7, 11) is 0. The topological polar surface area (TPSA) is 101 Å². The summed E-state index contributed by atoms with van der Waals surface area (Å²) < 4.78 is 0. The lowest BCUT2D eigenvalue weighted by atomic mass is 10.2. The first-order valence-electron chi connectivity index (χ1n) is 5.96. The van der Waals surface area contributed by atoms with Crippen LogP contribution in [-0.4, -0.2) is 35.8 Å². The van der Waals surface area contributed by atoms with Gasteiger partial charge in [0.2, 0.25) is 17.7 Å². The number of nitrogens with one attached hydrogen (secondary N) is 2. The van der Waals surface area contributed by atoms with Crippen molar-refractivity contribution < 1.29 is 14.4 Å². The third-order valence-corrected chi connectivity index (χ3v) is 3.19. The van der Waals surface area contributed by atoms with Crippen molar-refractivity contribution in [2.75, 3.05) is 23.4 Å². The van der Waals surface area contributed by atoms with Gasteiger partial charge in [0.1, 0.15) is 0 Å². The minimum Gasteiger partial charge on any atom is -0.368 e. The number of carbonyl (C=O) groups excluding carboxylic acids is 3. The molecule has 7 heteroatoms. The Kier molecular flexibility index (Phi) is 6.58. The van der Waals surface area contributed by atoms with Crippen LogP contribution in [-0.2, 0) is 14.4 Å². The highest BCUT2D eigenvalue weighted by Crippen LogP contribution is 2.09. The number of amides is 3. The van der Waals surface area contributed by atoms with E-state index in [1.165, 1.54) is 11.8 Å². The summed E-state index contributed by atoms with van der Waals surface area (Å²) in [5, 5.41) is 5.07. The molecule has 0 aliphatic carbocycles. The number of hydrogen-bond acceptors (Lipinski definition) is 4. The fourth-order valence-corrected chi connectivity index (χ4v) is 1.95. The van der Waals surface area contributed by atoms with Crippen molar-refractivity contribution in [2.24, 2.45) is 5.73 Å². The van der Waals surface area contributed by atoms with Crippen molar-refractivity contribution in [1.29, 1.82) is 0 Å². The molecule has 1 rings (SSSR count). The molecule has 0 aliphatic heterocycles. The van der Waals surface area contributed by atoms with Gasteiger partial charge in [-0.15, -0.1) is 11.8 Å². The second-order valence-electron chi connectivity index (χ2n) is 4.15. The second kappa shape index (κ2) is 8.21. The Morgan fingerprint density at radius 1 is 1.10 bits per heavy atom. The van der Waals surface area contributed by atoms with E-state index < -0.39 is 5.91 Å². The standard InChI is InChI=1S/C13H17N3O3S/c1-9-2-4-10(5-3-9)16-13(19)8-20-7-12(18)15-6-11(14)17/h2-5H,6-8H2,1H3,(H2,14,17)(H,15,18)(H,16,19). The van der Waals surface area contributed by atoms with Gasteiger partial charge in [-0.1, -0.05) is 17.7 Å². The van der Waals surface area contributed by atoms with E-state index in [-0.39, 0.29) is 29.9 Å². The van der Waals surface area contributed by atoms with Crippen LogP contribution in [0.4, 0.5) is 5.69 Å². The van der Waals surface area contributed by atoms with Crippen molar-refractivity contribution in [3.63, 3.8) is 0 Å². The maximum atomic E-state index is 11.6. The van der Waals surface area contributed by atoms with E-state index in [0.717, 1.165) is 11.3 Å². The number of primary amides is 1. The Morgan fingerprint density at radius 3 is 2.30 bits per heavy atom.